The number of nitrogens with zero attached hydrogens (tertiary/aromatic N) is 1. The molecule has 3 aromatic rings. The summed E-state index contributed by atoms with van der Waals surface area (Å²) in [7, 11) is 0. The molecule has 0 aliphatic carbocycles. The molecule has 0 saturated heterocycles. The molecule has 1 N–H and O–H groups in total. The minimum atomic E-state index is -0.468. The van der Waals surface area contributed by atoms with Crippen LogP contribution in [0.1, 0.15) is 40.4 Å². The van der Waals surface area contributed by atoms with Gasteiger partial charge in [0.1, 0.15) is 0 Å². The Kier molecular flexibility index (Phi) is 7.53. The molecule has 0 bridgehead atoms. The van der Waals surface area contributed by atoms with E-state index in [1.165, 1.54) is 5.56 Å². The van der Waals surface area contributed by atoms with Crippen LogP contribution in [0.3, 0.4) is 0 Å². The zero-order valence-electron chi connectivity index (χ0n) is 16.1. The quantitative estimate of drug-likeness (QED) is 0.515. The van der Waals surface area contributed by atoms with Gasteiger partial charge in [-0.2, -0.15) is 0 Å². The highest BCUT2D eigenvalue weighted by atomic mass is 16.3. The lowest BCUT2D eigenvalue weighted by Gasteiger charge is -2.22. The van der Waals surface area contributed by atoms with E-state index in [1.807, 2.05) is 78.9 Å². The fourth-order valence-electron chi connectivity index (χ4n) is 3.32. The topological polar surface area (TPSA) is 40.5 Å². The summed E-state index contributed by atoms with van der Waals surface area (Å²) in [5.41, 5.74) is 2.87. The third kappa shape index (κ3) is 6.15. The van der Waals surface area contributed by atoms with E-state index in [4.69, 9.17) is 0 Å². The third-order valence-electron chi connectivity index (χ3n) is 4.85. The summed E-state index contributed by atoms with van der Waals surface area (Å²) < 4.78 is 0. The van der Waals surface area contributed by atoms with Gasteiger partial charge >= 0.3 is 0 Å². The van der Waals surface area contributed by atoms with Gasteiger partial charge in [-0.3, -0.25) is 9.69 Å². The monoisotopic (exact) mass is 373 g/mol. The second-order valence-electron chi connectivity index (χ2n) is 7.05. The average Bonchev–Trinajstić information content (AvgIpc) is 2.75. The minimum Gasteiger partial charge on any atom is -0.388 e. The van der Waals surface area contributed by atoms with Crippen molar-refractivity contribution in [3.8, 4) is 0 Å². The number of carbonyl (C=O) groups excluding carboxylic acids is 1. The Morgan fingerprint density at radius 3 is 2.04 bits per heavy atom. The molecule has 1 atom stereocenters. The van der Waals surface area contributed by atoms with E-state index < -0.39 is 6.10 Å². The molecule has 3 rings (SSSR count). The van der Waals surface area contributed by atoms with E-state index in [2.05, 4.69) is 17.0 Å². The van der Waals surface area contributed by atoms with Crippen LogP contribution < -0.4 is 0 Å². The van der Waals surface area contributed by atoms with Gasteiger partial charge in [0.05, 0.1) is 12.6 Å². The number of hydrogen-bond donors (Lipinski definition) is 1. The first-order chi connectivity index (χ1) is 13.7. The molecule has 28 heavy (non-hydrogen) atoms. The van der Waals surface area contributed by atoms with Crippen molar-refractivity contribution in [3.05, 3.63) is 108 Å². The Bertz CT molecular complexity index is 834. The van der Waals surface area contributed by atoms with Gasteiger partial charge in [-0.05, 0) is 30.5 Å². The number of carbonyl (C=O) groups is 1. The van der Waals surface area contributed by atoms with Crippen molar-refractivity contribution in [2.75, 3.05) is 13.1 Å². The Hall–Kier alpha value is -2.75. The molecule has 0 aliphatic heterocycles. The van der Waals surface area contributed by atoms with Gasteiger partial charge in [0, 0.05) is 12.1 Å². The molecule has 0 aliphatic rings. The Labute approximate surface area is 167 Å². The minimum absolute atomic E-state index is 0.125. The predicted molar refractivity (Wildman–Crippen MR) is 113 cm³/mol. The summed E-state index contributed by atoms with van der Waals surface area (Å²) in [6, 6.07) is 29.4. The molecule has 3 aromatic carbocycles. The fourth-order valence-corrected chi connectivity index (χ4v) is 3.32. The molecular formula is C25H27NO2. The standard InChI is InChI=1S/C25H27NO2/c27-24(22-13-6-2-7-14-22)17-10-18-26(19-21-11-4-1-5-12-21)20-25(28)23-15-8-3-9-16-23/h1-9,11-16,24,27H,10,17-20H2. The van der Waals surface area contributed by atoms with Crippen molar-refractivity contribution in [2.24, 2.45) is 0 Å². The van der Waals surface area contributed by atoms with Gasteiger partial charge in [0.2, 0.25) is 0 Å². The van der Waals surface area contributed by atoms with Crippen LogP contribution in [0.15, 0.2) is 91.0 Å². The van der Waals surface area contributed by atoms with Crippen molar-refractivity contribution in [3.63, 3.8) is 0 Å². The highest BCUT2D eigenvalue weighted by molar-refractivity contribution is 5.97. The van der Waals surface area contributed by atoms with Crippen LogP contribution in [0.2, 0.25) is 0 Å². The summed E-state index contributed by atoms with van der Waals surface area (Å²) in [5.74, 6) is 0.125. The van der Waals surface area contributed by atoms with Gasteiger partial charge in [-0.25, -0.2) is 0 Å². The number of aliphatic hydroxyl groups excluding tert-OH is 1. The number of benzene rings is 3. The van der Waals surface area contributed by atoms with Crippen LogP contribution >= 0.6 is 0 Å². The molecule has 3 heteroatoms. The zero-order valence-corrected chi connectivity index (χ0v) is 16.1. The summed E-state index contributed by atoms with van der Waals surface area (Å²) in [4.78, 5) is 14.8. The summed E-state index contributed by atoms with van der Waals surface area (Å²) in [6.07, 6.45) is 1.03. The Morgan fingerprint density at radius 2 is 1.39 bits per heavy atom. The van der Waals surface area contributed by atoms with Crippen LogP contribution in [-0.2, 0) is 6.54 Å². The lowest BCUT2D eigenvalue weighted by atomic mass is 10.0. The smallest absolute Gasteiger partial charge is 0.176 e. The molecule has 0 fully saturated rings. The summed E-state index contributed by atoms with van der Waals surface area (Å²) >= 11 is 0. The van der Waals surface area contributed by atoms with E-state index in [-0.39, 0.29) is 5.78 Å². The molecule has 0 heterocycles. The van der Waals surface area contributed by atoms with Crippen LogP contribution in [0.4, 0.5) is 0 Å². The maximum Gasteiger partial charge on any atom is 0.176 e. The fraction of sp³-hybridized carbons (Fsp3) is 0.240. The van der Waals surface area contributed by atoms with Crippen molar-refractivity contribution >= 4 is 5.78 Å². The first-order valence-corrected chi connectivity index (χ1v) is 9.80. The average molecular weight is 373 g/mol. The number of rotatable bonds is 10. The lowest BCUT2D eigenvalue weighted by molar-refractivity contribution is 0.0918. The highest BCUT2D eigenvalue weighted by Gasteiger charge is 2.14. The van der Waals surface area contributed by atoms with E-state index in [9.17, 15) is 9.90 Å². The lowest BCUT2D eigenvalue weighted by Crippen LogP contribution is -2.30. The SMILES string of the molecule is O=C(CN(CCCC(O)c1ccccc1)Cc1ccccc1)c1ccccc1. The van der Waals surface area contributed by atoms with Gasteiger partial charge in [-0.1, -0.05) is 91.0 Å². The molecule has 0 aromatic heterocycles. The van der Waals surface area contributed by atoms with E-state index in [0.717, 1.165) is 30.6 Å². The molecule has 1 unspecified atom stereocenters. The van der Waals surface area contributed by atoms with Crippen molar-refractivity contribution < 1.29 is 9.90 Å². The maximum atomic E-state index is 12.7. The molecule has 0 radical (unpaired) electrons. The van der Waals surface area contributed by atoms with Gasteiger partial charge in [0.25, 0.3) is 0 Å². The van der Waals surface area contributed by atoms with Gasteiger partial charge in [-0.15, -0.1) is 0 Å². The van der Waals surface area contributed by atoms with Crippen LogP contribution in [0.25, 0.3) is 0 Å². The molecule has 0 amide bonds. The normalized spacial score (nSPS) is 12.1. The van der Waals surface area contributed by atoms with Gasteiger partial charge in [0.15, 0.2) is 5.78 Å². The van der Waals surface area contributed by atoms with E-state index >= 15 is 0 Å². The van der Waals surface area contributed by atoms with E-state index in [1.54, 1.807) is 0 Å². The highest BCUT2D eigenvalue weighted by Crippen LogP contribution is 2.18. The van der Waals surface area contributed by atoms with Crippen LogP contribution in [0, 0.1) is 0 Å². The van der Waals surface area contributed by atoms with Crippen LogP contribution in [0.5, 0.6) is 0 Å². The molecule has 0 saturated carbocycles. The molecular weight excluding hydrogens is 346 g/mol. The second kappa shape index (κ2) is 10.5. The van der Waals surface area contributed by atoms with Gasteiger partial charge < -0.3 is 5.11 Å². The predicted octanol–water partition coefficient (Wildman–Crippen LogP) is 4.89. The first-order valence-electron chi connectivity index (χ1n) is 9.80. The number of aliphatic hydroxyl groups is 1. The number of ketones is 1. The Balaban J connectivity index is 1.60. The Morgan fingerprint density at radius 1 is 0.821 bits per heavy atom. The number of Topliss-reactive ketones (excluding diaryl/α,β-unsaturated/α-hetero) is 1. The zero-order chi connectivity index (χ0) is 19.6. The number of hydrogen-bond acceptors (Lipinski definition) is 3. The van der Waals surface area contributed by atoms with Crippen LogP contribution in [-0.4, -0.2) is 28.9 Å². The maximum absolute atomic E-state index is 12.7. The van der Waals surface area contributed by atoms with E-state index in [0.29, 0.717) is 13.0 Å². The summed E-state index contributed by atoms with van der Waals surface area (Å²) in [6.45, 7) is 1.86. The molecule has 0 spiro atoms. The van der Waals surface area contributed by atoms with Crippen molar-refractivity contribution in [1.29, 1.82) is 0 Å². The van der Waals surface area contributed by atoms with Crippen molar-refractivity contribution in [1.82, 2.24) is 4.90 Å². The first kappa shape index (κ1) is 20.0. The summed E-state index contributed by atoms with van der Waals surface area (Å²) in [5, 5.41) is 10.4. The van der Waals surface area contributed by atoms with Crippen molar-refractivity contribution in [2.45, 2.75) is 25.5 Å². The second-order valence-corrected chi connectivity index (χ2v) is 7.05. The largest absolute Gasteiger partial charge is 0.388 e. The third-order valence-corrected chi connectivity index (χ3v) is 4.85. The molecule has 3 nitrogen and oxygen atoms in total. The molecule has 144 valence electrons.